The smallest absolute Gasteiger partial charge is 0.134 e. The van der Waals surface area contributed by atoms with Crippen LogP contribution in [0.1, 0.15) is 37.1 Å². The van der Waals surface area contributed by atoms with Gasteiger partial charge in [0.05, 0.1) is 6.61 Å². The maximum atomic E-state index is 9.64. The summed E-state index contributed by atoms with van der Waals surface area (Å²) in [7, 11) is 0. The monoisotopic (exact) mass is 277 g/mol. The summed E-state index contributed by atoms with van der Waals surface area (Å²) < 4.78 is 0. The molecule has 0 spiro atoms. The first-order valence-electron chi connectivity index (χ1n) is 7.67. The Morgan fingerprint density at radius 3 is 2.65 bits per heavy atom. The molecule has 1 aliphatic heterocycles. The van der Waals surface area contributed by atoms with Gasteiger partial charge in [-0.2, -0.15) is 0 Å². The number of aliphatic hydroxyl groups is 1. The predicted octanol–water partition coefficient (Wildman–Crippen LogP) is 2.11. The quantitative estimate of drug-likeness (QED) is 0.895. The zero-order valence-corrected chi connectivity index (χ0v) is 13.2. The highest BCUT2D eigenvalue weighted by Crippen LogP contribution is 2.27. The van der Waals surface area contributed by atoms with Crippen LogP contribution >= 0.6 is 0 Å². The van der Waals surface area contributed by atoms with Gasteiger partial charge < -0.3 is 10.0 Å². The molecule has 20 heavy (non-hydrogen) atoms. The number of rotatable bonds is 5. The molecule has 0 bridgehead atoms. The van der Waals surface area contributed by atoms with Crippen molar-refractivity contribution in [3.05, 3.63) is 22.9 Å². The number of hydrogen-bond donors (Lipinski definition) is 1. The average molecular weight is 277 g/mol. The van der Waals surface area contributed by atoms with Crippen LogP contribution in [0.25, 0.3) is 0 Å². The first-order chi connectivity index (χ1) is 9.60. The summed E-state index contributed by atoms with van der Waals surface area (Å²) >= 11 is 0. The molecular formula is C16H27N3O. The van der Waals surface area contributed by atoms with Gasteiger partial charge in [-0.3, -0.25) is 4.90 Å². The Hall–Kier alpha value is -1.13. The fraction of sp³-hybridized carbons (Fsp3) is 0.688. The van der Waals surface area contributed by atoms with E-state index in [9.17, 15) is 5.11 Å². The van der Waals surface area contributed by atoms with Crippen molar-refractivity contribution in [2.45, 2.75) is 46.8 Å². The van der Waals surface area contributed by atoms with Crippen molar-refractivity contribution in [3.8, 4) is 0 Å². The Bertz CT molecular complexity index is 457. The van der Waals surface area contributed by atoms with Gasteiger partial charge in [-0.1, -0.05) is 13.8 Å². The number of likely N-dealkylation sites (N-methyl/N-ethyl adjacent to an activating group) is 1. The lowest BCUT2D eigenvalue weighted by atomic mass is 10.1. The van der Waals surface area contributed by atoms with Gasteiger partial charge in [-0.15, -0.1) is 0 Å². The average Bonchev–Trinajstić information content (AvgIpc) is 2.89. The maximum Gasteiger partial charge on any atom is 0.134 e. The summed E-state index contributed by atoms with van der Waals surface area (Å²) in [5, 5.41) is 9.64. The molecule has 0 saturated carbocycles. The SMILES string of the molecule is CCN(CC)C1CCN(c2nc(C)cc(C)c2CO)C1. The van der Waals surface area contributed by atoms with Gasteiger partial charge in [-0.05, 0) is 45.0 Å². The summed E-state index contributed by atoms with van der Waals surface area (Å²) in [6.45, 7) is 12.8. The first-order valence-corrected chi connectivity index (χ1v) is 7.67. The number of aryl methyl sites for hydroxylation is 2. The van der Waals surface area contributed by atoms with E-state index in [1.807, 2.05) is 13.0 Å². The van der Waals surface area contributed by atoms with Crippen LogP contribution in [0.3, 0.4) is 0 Å². The van der Waals surface area contributed by atoms with Crippen LogP contribution < -0.4 is 4.90 Å². The van der Waals surface area contributed by atoms with Crippen molar-refractivity contribution in [2.24, 2.45) is 0 Å². The molecule has 1 N–H and O–H groups in total. The van der Waals surface area contributed by atoms with Crippen molar-refractivity contribution >= 4 is 5.82 Å². The number of hydrogen-bond acceptors (Lipinski definition) is 4. The van der Waals surface area contributed by atoms with Gasteiger partial charge in [-0.25, -0.2) is 4.98 Å². The van der Waals surface area contributed by atoms with E-state index in [1.54, 1.807) is 0 Å². The van der Waals surface area contributed by atoms with Gasteiger partial charge in [0, 0.05) is 30.4 Å². The van der Waals surface area contributed by atoms with Crippen LogP contribution in [0.15, 0.2) is 6.07 Å². The van der Waals surface area contributed by atoms with Gasteiger partial charge in [0.1, 0.15) is 5.82 Å². The third-order valence-corrected chi connectivity index (χ3v) is 4.40. The van der Waals surface area contributed by atoms with Crippen LogP contribution in [-0.2, 0) is 6.61 Å². The molecular weight excluding hydrogens is 250 g/mol. The molecule has 2 rings (SSSR count). The molecule has 1 atom stereocenters. The Morgan fingerprint density at radius 2 is 2.05 bits per heavy atom. The van der Waals surface area contributed by atoms with Crippen LogP contribution in [0.2, 0.25) is 0 Å². The molecule has 4 nitrogen and oxygen atoms in total. The van der Waals surface area contributed by atoms with Crippen LogP contribution in [0.5, 0.6) is 0 Å². The molecule has 1 aromatic heterocycles. The molecule has 0 amide bonds. The molecule has 0 aliphatic carbocycles. The minimum absolute atomic E-state index is 0.0703. The highest BCUT2D eigenvalue weighted by Gasteiger charge is 2.28. The second-order valence-electron chi connectivity index (χ2n) is 5.65. The lowest BCUT2D eigenvalue weighted by molar-refractivity contribution is 0.232. The number of nitrogens with zero attached hydrogens (tertiary/aromatic N) is 3. The van der Waals surface area contributed by atoms with Crippen LogP contribution in [0, 0.1) is 13.8 Å². The zero-order chi connectivity index (χ0) is 14.7. The second-order valence-corrected chi connectivity index (χ2v) is 5.65. The Kier molecular flexibility index (Phi) is 5.00. The van der Waals surface area contributed by atoms with E-state index >= 15 is 0 Å². The Balaban J connectivity index is 2.21. The van der Waals surface area contributed by atoms with Gasteiger partial charge >= 0.3 is 0 Å². The van der Waals surface area contributed by atoms with Crippen LogP contribution in [0.4, 0.5) is 5.82 Å². The van der Waals surface area contributed by atoms with Gasteiger partial charge in [0.25, 0.3) is 0 Å². The standard InChI is InChI=1S/C16H27N3O/c1-5-18(6-2)14-7-8-19(10-14)16-15(11-20)12(3)9-13(4)17-16/h9,14,20H,5-8,10-11H2,1-4H3. The zero-order valence-electron chi connectivity index (χ0n) is 13.2. The minimum Gasteiger partial charge on any atom is -0.392 e. The molecule has 1 aromatic rings. The first kappa shape index (κ1) is 15.3. The third kappa shape index (κ3) is 2.96. The van der Waals surface area contributed by atoms with E-state index < -0.39 is 0 Å². The van der Waals surface area contributed by atoms with E-state index in [-0.39, 0.29) is 6.61 Å². The lowest BCUT2D eigenvalue weighted by Crippen LogP contribution is -2.37. The number of anilines is 1. The molecule has 0 aromatic carbocycles. The largest absolute Gasteiger partial charge is 0.392 e. The topological polar surface area (TPSA) is 39.6 Å². The molecule has 1 saturated heterocycles. The highest BCUT2D eigenvalue weighted by atomic mass is 16.3. The van der Waals surface area contributed by atoms with E-state index in [2.05, 4.69) is 35.6 Å². The third-order valence-electron chi connectivity index (χ3n) is 4.40. The molecule has 1 fully saturated rings. The summed E-state index contributed by atoms with van der Waals surface area (Å²) in [4.78, 5) is 9.54. The number of pyridine rings is 1. The van der Waals surface area contributed by atoms with Crippen molar-refractivity contribution in [2.75, 3.05) is 31.1 Å². The fourth-order valence-electron chi connectivity index (χ4n) is 3.27. The van der Waals surface area contributed by atoms with E-state index in [4.69, 9.17) is 0 Å². The van der Waals surface area contributed by atoms with E-state index in [0.29, 0.717) is 6.04 Å². The molecule has 4 heteroatoms. The second kappa shape index (κ2) is 6.55. The summed E-state index contributed by atoms with van der Waals surface area (Å²) in [5.74, 6) is 0.986. The minimum atomic E-state index is 0.0703. The number of aromatic nitrogens is 1. The van der Waals surface area contributed by atoms with Crippen molar-refractivity contribution in [1.82, 2.24) is 9.88 Å². The van der Waals surface area contributed by atoms with Crippen molar-refractivity contribution in [1.29, 1.82) is 0 Å². The normalized spacial score (nSPS) is 19.1. The summed E-state index contributed by atoms with van der Waals surface area (Å²) in [6, 6.07) is 2.66. The van der Waals surface area contributed by atoms with Gasteiger partial charge in [0.2, 0.25) is 0 Å². The number of aliphatic hydroxyl groups excluding tert-OH is 1. The van der Waals surface area contributed by atoms with Crippen LogP contribution in [-0.4, -0.2) is 47.2 Å². The van der Waals surface area contributed by atoms with Gasteiger partial charge in [0.15, 0.2) is 0 Å². The fourth-order valence-corrected chi connectivity index (χ4v) is 3.27. The van der Waals surface area contributed by atoms with E-state index in [1.165, 1.54) is 6.42 Å². The van der Waals surface area contributed by atoms with E-state index in [0.717, 1.165) is 48.8 Å². The van der Waals surface area contributed by atoms with Crippen molar-refractivity contribution < 1.29 is 5.11 Å². The molecule has 2 heterocycles. The lowest BCUT2D eigenvalue weighted by Gasteiger charge is -2.27. The maximum absolute atomic E-state index is 9.64. The summed E-state index contributed by atoms with van der Waals surface area (Å²) in [5.41, 5.74) is 3.15. The predicted molar refractivity (Wildman–Crippen MR) is 83.2 cm³/mol. The highest BCUT2D eigenvalue weighted by molar-refractivity contribution is 5.52. The molecule has 0 radical (unpaired) electrons. The molecule has 112 valence electrons. The Labute approximate surface area is 122 Å². The molecule has 1 unspecified atom stereocenters. The summed E-state index contributed by atoms with van der Waals surface area (Å²) in [6.07, 6.45) is 1.18. The molecule has 1 aliphatic rings. The van der Waals surface area contributed by atoms with Crippen molar-refractivity contribution in [3.63, 3.8) is 0 Å². The Morgan fingerprint density at radius 1 is 1.35 bits per heavy atom.